The Morgan fingerprint density at radius 2 is 1.70 bits per heavy atom. The molecule has 0 saturated carbocycles. The average Bonchev–Trinajstić information content (AvgIpc) is 3.19. The fourth-order valence-corrected chi connectivity index (χ4v) is 2.66. The van der Waals surface area contributed by atoms with Crippen LogP contribution in [0.25, 0.3) is 0 Å². The summed E-state index contributed by atoms with van der Waals surface area (Å²) in [6.45, 7) is 2.10. The minimum atomic E-state index is 0.279. The molecule has 0 amide bonds. The van der Waals surface area contributed by atoms with Gasteiger partial charge in [-0.1, -0.05) is 24.3 Å². The van der Waals surface area contributed by atoms with Crippen molar-refractivity contribution in [1.29, 1.82) is 0 Å². The Morgan fingerprint density at radius 1 is 0.889 bits per heavy atom. The van der Waals surface area contributed by atoms with Gasteiger partial charge in [0.05, 0.1) is 6.54 Å². The summed E-state index contributed by atoms with van der Waals surface area (Å²) in [5.41, 5.74) is 1.09. The Balaban J connectivity index is 1.26. The number of anilines is 2. The Morgan fingerprint density at radius 3 is 2.59 bits per heavy atom. The topological polar surface area (TPSA) is 77.5 Å². The zero-order valence-corrected chi connectivity index (χ0v) is 14.7. The predicted molar refractivity (Wildman–Crippen MR) is 102 cm³/mol. The van der Waals surface area contributed by atoms with E-state index in [1.54, 1.807) is 0 Å². The first kappa shape index (κ1) is 17.0. The molecule has 4 rings (SSSR count). The zero-order valence-electron chi connectivity index (χ0n) is 14.7. The Hall–Kier alpha value is -3.48. The standard InChI is InChI=1S/C20H20N4O3/c1-2-4-16(5-3-1)25-9-8-21-19-11-20(24-13-23-19)22-12-15-6-7-17-18(10-15)27-14-26-17/h1-7,10-11,13H,8-9,12,14H2,(H2,21,22,23,24). The Bertz CT molecular complexity index is 889. The summed E-state index contributed by atoms with van der Waals surface area (Å²) in [6.07, 6.45) is 1.53. The van der Waals surface area contributed by atoms with Crippen molar-refractivity contribution in [3.05, 3.63) is 66.5 Å². The van der Waals surface area contributed by atoms with Crippen LogP contribution in [0.15, 0.2) is 60.9 Å². The first-order valence-electron chi connectivity index (χ1n) is 8.73. The number of nitrogens with one attached hydrogen (secondary N) is 2. The second kappa shape index (κ2) is 8.27. The Kier molecular flexibility index (Phi) is 5.19. The highest BCUT2D eigenvalue weighted by molar-refractivity contribution is 5.48. The van der Waals surface area contributed by atoms with E-state index in [1.165, 1.54) is 6.33 Å². The molecule has 0 aliphatic carbocycles. The van der Waals surface area contributed by atoms with Gasteiger partial charge < -0.3 is 24.8 Å². The maximum Gasteiger partial charge on any atom is 0.231 e. The number of rotatable bonds is 8. The van der Waals surface area contributed by atoms with E-state index >= 15 is 0 Å². The quantitative estimate of drug-likeness (QED) is 0.594. The molecule has 0 radical (unpaired) electrons. The molecule has 0 spiro atoms. The maximum atomic E-state index is 5.66. The first-order valence-corrected chi connectivity index (χ1v) is 8.73. The van der Waals surface area contributed by atoms with Gasteiger partial charge in [0, 0.05) is 12.6 Å². The van der Waals surface area contributed by atoms with Crippen LogP contribution in [0.1, 0.15) is 5.56 Å². The third kappa shape index (κ3) is 4.58. The highest BCUT2D eigenvalue weighted by Crippen LogP contribution is 2.32. The molecule has 7 nitrogen and oxygen atoms in total. The molecule has 2 aromatic carbocycles. The van der Waals surface area contributed by atoms with Crippen LogP contribution in [0.5, 0.6) is 17.2 Å². The van der Waals surface area contributed by atoms with Gasteiger partial charge in [-0.15, -0.1) is 0 Å². The normalized spacial score (nSPS) is 11.9. The molecule has 1 aliphatic rings. The third-order valence-corrected chi connectivity index (χ3v) is 4.00. The number of benzene rings is 2. The van der Waals surface area contributed by atoms with Crippen molar-refractivity contribution in [1.82, 2.24) is 9.97 Å². The van der Waals surface area contributed by atoms with Crippen molar-refractivity contribution >= 4 is 11.6 Å². The number of para-hydroxylation sites is 1. The number of aromatic nitrogens is 2. The van der Waals surface area contributed by atoms with E-state index < -0.39 is 0 Å². The molecule has 1 aromatic heterocycles. The van der Waals surface area contributed by atoms with Gasteiger partial charge in [-0.05, 0) is 29.8 Å². The molecule has 0 fully saturated rings. The Labute approximate surface area is 157 Å². The molecular weight excluding hydrogens is 344 g/mol. The summed E-state index contributed by atoms with van der Waals surface area (Å²) in [7, 11) is 0. The molecule has 3 aromatic rings. The van der Waals surface area contributed by atoms with Gasteiger partial charge in [-0.25, -0.2) is 9.97 Å². The van der Waals surface area contributed by atoms with Crippen molar-refractivity contribution in [3.8, 4) is 17.2 Å². The van der Waals surface area contributed by atoms with E-state index in [0.717, 1.165) is 34.4 Å². The third-order valence-electron chi connectivity index (χ3n) is 4.00. The molecule has 27 heavy (non-hydrogen) atoms. The lowest BCUT2D eigenvalue weighted by Gasteiger charge is -2.10. The molecule has 1 aliphatic heterocycles. The molecule has 2 N–H and O–H groups in total. The van der Waals surface area contributed by atoms with Crippen LogP contribution in [-0.4, -0.2) is 29.9 Å². The summed E-state index contributed by atoms with van der Waals surface area (Å²) in [5, 5.41) is 6.52. The molecule has 7 heteroatoms. The number of hydrogen-bond donors (Lipinski definition) is 2. The number of hydrogen-bond acceptors (Lipinski definition) is 7. The second-order valence-corrected chi connectivity index (χ2v) is 5.92. The van der Waals surface area contributed by atoms with Crippen molar-refractivity contribution < 1.29 is 14.2 Å². The van der Waals surface area contributed by atoms with E-state index in [2.05, 4.69) is 20.6 Å². The number of nitrogens with zero attached hydrogens (tertiary/aromatic N) is 2. The van der Waals surface area contributed by atoms with Crippen molar-refractivity contribution in [2.24, 2.45) is 0 Å². The molecule has 2 heterocycles. The summed E-state index contributed by atoms with van der Waals surface area (Å²) < 4.78 is 16.4. The highest BCUT2D eigenvalue weighted by Gasteiger charge is 2.13. The summed E-state index contributed by atoms with van der Waals surface area (Å²) >= 11 is 0. The predicted octanol–water partition coefficient (Wildman–Crippen LogP) is 3.31. The van der Waals surface area contributed by atoms with Crippen molar-refractivity contribution in [2.75, 3.05) is 30.6 Å². The van der Waals surface area contributed by atoms with Crippen LogP contribution in [0, 0.1) is 0 Å². The van der Waals surface area contributed by atoms with Gasteiger partial charge in [0.2, 0.25) is 6.79 Å². The fraction of sp³-hybridized carbons (Fsp3) is 0.200. The van der Waals surface area contributed by atoms with Crippen molar-refractivity contribution in [3.63, 3.8) is 0 Å². The molecular formula is C20H20N4O3. The SMILES string of the molecule is c1ccc(OCCNc2cc(NCc3ccc4c(c3)OCO4)ncn2)cc1. The van der Waals surface area contributed by atoms with Gasteiger partial charge in [-0.3, -0.25) is 0 Å². The van der Waals surface area contributed by atoms with E-state index in [0.29, 0.717) is 19.7 Å². The summed E-state index contributed by atoms with van der Waals surface area (Å²) in [4.78, 5) is 8.49. The number of ether oxygens (including phenoxy) is 3. The van der Waals surface area contributed by atoms with E-state index in [-0.39, 0.29) is 6.79 Å². The minimum absolute atomic E-state index is 0.279. The first-order chi connectivity index (χ1) is 13.4. The number of fused-ring (bicyclic) bond motifs is 1. The lowest BCUT2D eigenvalue weighted by Crippen LogP contribution is -2.12. The van der Waals surface area contributed by atoms with Crippen LogP contribution >= 0.6 is 0 Å². The van der Waals surface area contributed by atoms with E-state index in [4.69, 9.17) is 14.2 Å². The van der Waals surface area contributed by atoms with Gasteiger partial charge in [0.25, 0.3) is 0 Å². The van der Waals surface area contributed by atoms with Crippen LogP contribution in [0.3, 0.4) is 0 Å². The van der Waals surface area contributed by atoms with Gasteiger partial charge in [0.1, 0.15) is 30.3 Å². The fourth-order valence-electron chi connectivity index (χ4n) is 2.66. The smallest absolute Gasteiger partial charge is 0.231 e. The van der Waals surface area contributed by atoms with Gasteiger partial charge in [-0.2, -0.15) is 0 Å². The van der Waals surface area contributed by atoms with Crippen molar-refractivity contribution in [2.45, 2.75) is 6.54 Å². The van der Waals surface area contributed by atoms with Gasteiger partial charge in [0.15, 0.2) is 11.5 Å². The molecule has 0 bridgehead atoms. The van der Waals surface area contributed by atoms with E-state index in [1.807, 2.05) is 54.6 Å². The summed E-state index contributed by atoms with van der Waals surface area (Å²) in [5.74, 6) is 3.90. The highest BCUT2D eigenvalue weighted by atomic mass is 16.7. The summed E-state index contributed by atoms with van der Waals surface area (Å²) in [6, 6.07) is 17.5. The largest absolute Gasteiger partial charge is 0.492 e. The lowest BCUT2D eigenvalue weighted by molar-refractivity contribution is 0.174. The average molecular weight is 364 g/mol. The zero-order chi connectivity index (χ0) is 18.3. The maximum absolute atomic E-state index is 5.66. The lowest BCUT2D eigenvalue weighted by atomic mass is 10.2. The van der Waals surface area contributed by atoms with Gasteiger partial charge >= 0.3 is 0 Å². The molecule has 138 valence electrons. The second-order valence-electron chi connectivity index (χ2n) is 5.92. The minimum Gasteiger partial charge on any atom is -0.492 e. The van der Waals surface area contributed by atoms with Crippen LogP contribution in [0.2, 0.25) is 0 Å². The molecule has 0 saturated heterocycles. The van der Waals surface area contributed by atoms with Crippen LogP contribution in [0.4, 0.5) is 11.6 Å². The molecule has 0 unspecified atom stereocenters. The van der Waals surface area contributed by atoms with Crippen LogP contribution in [-0.2, 0) is 6.54 Å². The molecule has 0 atom stereocenters. The van der Waals surface area contributed by atoms with E-state index in [9.17, 15) is 0 Å². The van der Waals surface area contributed by atoms with Crippen LogP contribution < -0.4 is 24.8 Å². The monoisotopic (exact) mass is 364 g/mol.